The van der Waals surface area contributed by atoms with Crippen molar-refractivity contribution in [3.8, 4) is 0 Å². The lowest BCUT2D eigenvalue weighted by molar-refractivity contribution is 0.102. The molecule has 0 aliphatic heterocycles. The first-order valence-corrected chi connectivity index (χ1v) is 10.4. The molecule has 0 atom stereocenters. The molecule has 0 radical (unpaired) electrons. The first-order valence-electron chi connectivity index (χ1n) is 8.52. The average molecular weight is 415 g/mol. The third-order valence-electron chi connectivity index (χ3n) is 4.16. The van der Waals surface area contributed by atoms with Crippen molar-refractivity contribution in [2.75, 3.05) is 10.0 Å². The van der Waals surface area contributed by atoms with Crippen LogP contribution in [0.2, 0.25) is 5.02 Å². The summed E-state index contributed by atoms with van der Waals surface area (Å²) in [7, 11) is -3.76. The van der Waals surface area contributed by atoms with Crippen LogP contribution in [-0.2, 0) is 10.0 Å². The number of nitrogens with one attached hydrogen (secondary N) is 2. The van der Waals surface area contributed by atoms with Gasteiger partial charge in [-0.2, -0.15) is 0 Å². The second-order valence-electron chi connectivity index (χ2n) is 6.39. The van der Waals surface area contributed by atoms with Crippen LogP contribution in [-0.4, -0.2) is 14.3 Å². The third kappa shape index (κ3) is 4.52. The minimum atomic E-state index is -3.76. The van der Waals surface area contributed by atoms with E-state index in [1.54, 1.807) is 18.2 Å². The molecule has 3 aromatic carbocycles. The summed E-state index contributed by atoms with van der Waals surface area (Å²) in [5.41, 5.74) is 3.29. The van der Waals surface area contributed by atoms with Crippen molar-refractivity contribution < 1.29 is 13.2 Å². The molecule has 0 unspecified atom stereocenters. The fraction of sp³-hybridized carbons (Fsp3) is 0.0952. The Bertz CT molecular complexity index is 1130. The van der Waals surface area contributed by atoms with E-state index < -0.39 is 10.0 Å². The van der Waals surface area contributed by atoms with E-state index >= 15 is 0 Å². The Morgan fingerprint density at radius 1 is 0.893 bits per heavy atom. The number of halogens is 1. The highest BCUT2D eigenvalue weighted by molar-refractivity contribution is 7.92. The quantitative estimate of drug-likeness (QED) is 0.616. The highest BCUT2D eigenvalue weighted by atomic mass is 35.5. The summed E-state index contributed by atoms with van der Waals surface area (Å²) in [6.07, 6.45) is 0. The Balaban J connectivity index is 1.79. The number of carbonyl (C=O) groups excluding carboxylic acids is 1. The van der Waals surface area contributed by atoms with Crippen molar-refractivity contribution in [3.63, 3.8) is 0 Å². The normalized spacial score (nSPS) is 11.1. The van der Waals surface area contributed by atoms with Crippen molar-refractivity contribution in [2.24, 2.45) is 0 Å². The van der Waals surface area contributed by atoms with Gasteiger partial charge in [0.25, 0.3) is 15.9 Å². The molecule has 0 aromatic heterocycles. The van der Waals surface area contributed by atoms with E-state index in [2.05, 4.69) is 10.0 Å². The van der Waals surface area contributed by atoms with Crippen LogP contribution in [0.15, 0.2) is 71.6 Å². The van der Waals surface area contributed by atoms with Crippen LogP contribution >= 0.6 is 11.6 Å². The largest absolute Gasteiger partial charge is 0.322 e. The highest BCUT2D eigenvalue weighted by Gasteiger charge is 2.17. The predicted molar refractivity (Wildman–Crippen MR) is 113 cm³/mol. The zero-order chi connectivity index (χ0) is 20.3. The number of hydrogen-bond acceptors (Lipinski definition) is 3. The highest BCUT2D eigenvalue weighted by Crippen LogP contribution is 2.26. The molecule has 144 valence electrons. The molecule has 7 heteroatoms. The molecular formula is C21H19ClN2O3S. The molecule has 0 heterocycles. The molecule has 0 saturated carbocycles. The first kappa shape index (κ1) is 19.9. The van der Waals surface area contributed by atoms with Crippen molar-refractivity contribution >= 4 is 38.9 Å². The van der Waals surface area contributed by atoms with E-state index in [0.29, 0.717) is 11.3 Å². The summed E-state index contributed by atoms with van der Waals surface area (Å²) in [5.74, 6) is -0.327. The molecule has 0 spiro atoms. The molecule has 2 N–H and O–H groups in total. The monoisotopic (exact) mass is 414 g/mol. The van der Waals surface area contributed by atoms with Crippen molar-refractivity contribution in [1.29, 1.82) is 0 Å². The van der Waals surface area contributed by atoms with E-state index in [0.717, 1.165) is 11.1 Å². The van der Waals surface area contributed by atoms with E-state index in [9.17, 15) is 13.2 Å². The maximum Gasteiger partial charge on any atom is 0.261 e. The van der Waals surface area contributed by atoms with Gasteiger partial charge in [-0.3, -0.25) is 9.52 Å². The number of rotatable bonds is 5. The number of carbonyl (C=O) groups is 1. The van der Waals surface area contributed by atoms with Gasteiger partial charge in [0, 0.05) is 11.3 Å². The number of hydrogen-bond donors (Lipinski definition) is 2. The van der Waals surface area contributed by atoms with E-state index in [1.165, 1.54) is 30.3 Å². The van der Waals surface area contributed by atoms with E-state index in [4.69, 9.17) is 11.6 Å². The minimum Gasteiger partial charge on any atom is -0.322 e. The van der Waals surface area contributed by atoms with Crippen LogP contribution in [0.25, 0.3) is 0 Å². The second-order valence-corrected chi connectivity index (χ2v) is 8.48. The van der Waals surface area contributed by atoms with Gasteiger partial charge in [0.15, 0.2) is 0 Å². The Morgan fingerprint density at radius 2 is 1.57 bits per heavy atom. The number of benzene rings is 3. The zero-order valence-corrected chi connectivity index (χ0v) is 16.9. The molecule has 3 aromatic rings. The van der Waals surface area contributed by atoms with Gasteiger partial charge in [-0.15, -0.1) is 0 Å². The number of anilines is 2. The van der Waals surface area contributed by atoms with Gasteiger partial charge in [-0.05, 0) is 55.8 Å². The Hall–Kier alpha value is -2.83. The molecule has 0 aliphatic carbocycles. The maximum absolute atomic E-state index is 12.5. The molecule has 0 fully saturated rings. The summed E-state index contributed by atoms with van der Waals surface area (Å²) in [5, 5.41) is 2.97. The standard InChI is InChI=1S/C21H19ClN2O3S/c1-14-8-10-19(15(2)12-14)23-21(25)16-9-11-20(18(22)13-16)24-28(26,27)17-6-4-3-5-7-17/h3-13,24H,1-2H3,(H,23,25). The third-order valence-corrected chi connectivity index (χ3v) is 5.85. The van der Waals surface area contributed by atoms with Crippen molar-refractivity contribution in [2.45, 2.75) is 18.7 Å². The van der Waals surface area contributed by atoms with E-state index in [1.807, 2.05) is 32.0 Å². The summed E-state index contributed by atoms with van der Waals surface area (Å²) in [6.45, 7) is 3.89. The fourth-order valence-electron chi connectivity index (χ4n) is 2.69. The molecule has 0 bridgehead atoms. The van der Waals surface area contributed by atoms with Gasteiger partial charge >= 0.3 is 0 Å². The molecule has 5 nitrogen and oxygen atoms in total. The summed E-state index contributed by atoms with van der Waals surface area (Å²) in [6, 6.07) is 18.1. The zero-order valence-electron chi connectivity index (χ0n) is 15.4. The second kappa shape index (κ2) is 8.04. The topological polar surface area (TPSA) is 75.3 Å². The molecule has 0 saturated heterocycles. The van der Waals surface area contributed by atoms with Gasteiger partial charge in [0.2, 0.25) is 0 Å². The number of aryl methyl sites for hydroxylation is 2. The minimum absolute atomic E-state index is 0.128. The van der Waals surface area contributed by atoms with Crippen LogP contribution in [0.3, 0.4) is 0 Å². The molecular weight excluding hydrogens is 396 g/mol. The van der Waals surface area contributed by atoms with Gasteiger partial charge in [0.05, 0.1) is 15.6 Å². The number of sulfonamides is 1. The lowest BCUT2D eigenvalue weighted by Crippen LogP contribution is -2.15. The smallest absolute Gasteiger partial charge is 0.261 e. The number of amides is 1. The SMILES string of the molecule is Cc1ccc(NC(=O)c2ccc(NS(=O)(=O)c3ccccc3)c(Cl)c2)c(C)c1. The summed E-state index contributed by atoms with van der Waals surface area (Å²) < 4.78 is 27.3. The van der Waals surface area contributed by atoms with Gasteiger partial charge in [0.1, 0.15) is 0 Å². The Morgan fingerprint density at radius 3 is 2.21 bits per heavy atom. The van der Waals surface area contributed by atoms with E-state index in [-0.39, 0.29) is 21.5 Å². The average Bonchev–Trinajstić information content (AvgIpc) is 2.66. The summed E-state index contributed by atoms with van der Waals surface area (Å²) >= 11 is 6.22. The lowest BCUT2D eigenvalue weighted by atomic mass is 10.1. The first-order chi connectivity index (χ1) is 13.3. The predicted octanol–water partition coefficient (Wildman–Crippen LogP) is 5.01. The van der Waals surface area contributed by atoms with Crippen LogP contribution in [0.5, 0.6) is 0 Å². The van der Waals surface area contributed by atoms with Gasteiger partial charge in [-0.25, -0.2) is 8.42 Å². The molecule has 3 rings (SSSR count). The fourth-order valence-corrected chi connectivity index (χ4v) is 4.08. The molecule has 0 aliphatic rings. The van der Waals surface area contributed by atoms with Crippen molar-refractivity contribution in [3.05, 3.63) is 88.4 Å². The maximum atomic E-state index is 12.5. The summed E-state index contributed by atoms with van der Waals surface area (Å²) in [4.78, 5) is 12.6. The van der Waals surface area contributed by atoms with Crippen molar-refractivity contribution in [1.82, 2.24) is 0 Å². The van der Waals surface area contributed by atoms with Crippen LogP contribution < -0.4 is 10.0 Å². The lowest BCUT2D eigenvalue weighted by Gasteiger charge is -2.12. The van der Waals surface area contributed by atoms with Gasteiger partial charge < -0.3 is 5.32 Å². The molecule has 28 heavy (non-hydrogen) atoms. The Labute approximate surface area is 169 Å². The van der Waals surface area contributed by atoms with Gasteiger partial charge in [-0.1, -0.05) is 47.5 Å². The Kier molecular flexibility index (Phi) is 5.72. The van der Waals surface area contributed by atoms with Crippen LogP contribution in [0, 0.1) is 13.8 Å². The van der Waals surface area contributed by atoms with Crippen LogP contribution in [0.4, 0.5) is 11.4 Å². The van der Waals surface area contributed by atoms with Crippen LogP contribution in [0.1, 0.15) is 21.5 Å². The molecule has 1 amide bonds.